The van der Waals surface area contributed by atoms with E-state index in [-0.39, 0.29) is 17.5 Å². The van der Waals surface area contributed by atoms with E-state index in [4.69, 9.17) is 0 Å². The minimum atomic E-state index is -4.31. The highest BCUT2D eigenvalue weighted by Crippen LogP contribution is 2.20. The number of anilines is 2. The van der Waals surface area contributed by atoms with E-state index in [2.05, 4.69) is 16.0 Å². The van der Waals surface area contributed by atoms with Crippen molar-refractivity contribution in [2.75, 3.05) is 17.2 Å². The molecule has 0 bridgehead atoms. The molecule has 0 aliphatic carbocycles. The van der Waals surface area contributed by atoms with Gasteiger partial charge >= 0.3 is 6.18 Å². The normalized spacial score (nSPS) is 18.5. The molecule has 1 unspecified atom stereocenters. The van der Waals surface area contributed by atoms with Gasteiger partial charge in [-0.1, -0.05) is 6.07 Å². The van der Waals surface area contributed by atoms with Crippen LogP contribution in [0.4, 0.5) is 24.5 Å². The lowest BCUT2D eigenvalue weighted by Crippen LogP contribution is -2.46. The van der Waals surface area contributed by atoms with Crippen LogP contribution in [0.5, 0.6) is 0 Å². The van der Waals surface area contributed by atoms with Gasteiger partial charge in [-0.15, -0.1) is 0 Å². The highest BCUT2D eigenvalue weighted by Gasteiger charge is 2.27. The quantitative estimate of drug-likeness (QED) is 0.798. The van der Waals surface area contributed by atoms with Gasteiger partial charge in [-0.2, -0.15) is 13.2 Å². The summed E-state index contributed by atoms with van der Waals surface area (Å²) in [5.74, 6) is -0.548. The van der Waals surface area contributed by atoms with E-state index >= 15 is 0 Å². The van der Waals surface area contributed by atoms with Gasteiger partial charge in [0.2, 0.25) is 11.8 Å². The van der Waals surface area contributed by atoms with Crippen LogP contribution in [0.2, 0.25) is 0 Å². The third kappa shape index (κ3) is 4.94. The Bertz CT molecular complexity index is 561. The van der Waals surface area contributed by atoms with Crippen molar-refractivity contribution in [3.63, 3.8) is 0 Å². The van der Waals surface area contributed by atoms with Crippen LogP contribution in [-0.4, -0.2) is 30.6 Å². The molecule has 1 saturated heterocycles. The zero-order valence-electron chi connectivity index (χ0n) is 11.7. The number of piperidine rings is 1. The van der Waals surface area contributed by atoms with Crippen molar-refractivity contribution in [3.05, 3.63) is 24.3 Å². The maximum atomic E-state index is 12.2. The van der Waals surface area contributed by atoms with E-state index in [0.717, 1.165) is 0 Å². The third-order valence-corrected chi connectivity index (χ3v) is 3.17. The fourth-order valence-electron chi connectivity index (χ4n) is 2.14. The van der Waals surface area contributed by atoms with Crippen molar-refractivity contribution < 1.29 is 22.8 Å². The fraction of sp³-hybridized carbons (Fsp3) is 0.429. The Morgan fingerprint density at radius 2 is 2.05 bits per heavy atom. The first-order valence-electron chi connectivity index (χ1n) is 6.84. The molecule has 0 radical (unpaired) electrons. The molecule has 3 N–H and O–H groups in total. The van der Waals surface area contributed by atoms with Crippen molar-refractivity contribution in [1.29, 1.82) is 0 Å². The Hall–Kier alpha value is -2.25. The van der Waals surface area contributed by atoms with Crippen LogP contribution in [0, 0.1) is 0 Å². The van der Waals surface area contributed by atoms with E-state index in [1.807, 2.05) is 0 Å². The second-order valence-corrected chi connectivity index (χ2v) is 5.05. The molecule has 1 aromatic carbocycles. The maximum Gasteiger partial charge on any atom is 0.405 e. The summed E-state index contributed by atoms with van der Waals surface area (Å²) in [6, 6.07) is 5.39. The topological polar surface area (TPSA) is 70.2 Å². The lowest BCUT2D eigenvalue weighted by atomic mass is 10.0. The minimum Gasteiger partial charge on any atom is -0.376 e. The van der Waals surface area contributed by atoms with Gasteiger partial charge in [0, 0.05) is 17.8 Å². The summed E-state index contributed by atoms with van der Waals surface area (Å²) in [5.41, 5.74) is 0.625. The highest BCUT2D eigenvalue weighted by molar-refractivity contribution is 5.98. The molecule has 1 aliphatic rings. The smallest absolute Gasteiger partial charge is 0.376 e. The van der Waals surface area contributed by atoms with Gasteiger partial charge in [0.15, 0.2) is 0 Å². The number of alkyl halides is 3. The first-order valence-corrected chi connectivity index (χ1v) is 6.84. The fourth-order valence-corrected chi connectivity index (χ4v) is 2.14. The Kier molecular flexibility index (Phi) is 4.89. The number of amides is 2. The summed E-state index contributed by atoms with van der Waals surface area (Å²) in [7, 11) is 0. The zero-order chi connectivity index (χ0) is 16.2. The number of carbonyl (C=O) groups is 2. The molecule has 5 nitrogen and oxygen atoms in total. The molecule has 22 heavy (non-hydrogen) atoms. The maximum absolute atomic E-state index is 12.2. The molecule has 2 amide bonds. The van der Waals surface area contributed by atoms with E-state index in [9.17, 15) is 22.8 Å². The number of halogens is 3. The van der Waals surface area contributed by atoms with Gasteiger partial charge in [-0.05, 0) is 31.0 Å². The molecule has 0 spiro atoms. The average molecular weight is 315 g/mol. The van der Waals surface area contributed by atoms with Gasteiger partial charge in [0.05, 0.1) is 0 Å². The Morgan fingerprint density at radius 1 is 1.32 bits per heavy atom. The second kappa shape index (κ2) is 6.67. The number of carbonyl (C=O) groups excluding carboxylic acids is 2. The van der Waals surface area contributed by atoms with Gasteiger partial charge in [-0.25, -0.2) is 0 Å². The SMILES string of the molecule is O=C1CCCC(C(=O)Nc2cccc(NCC(F)(F)F)c2)N1. The van der Waals surface area contributed by atoms with Crippen LogP contribution >= 0.6 is 0 Å². The van der Waals surface area contributed by atoms with Crippen molar-refractivity contribution in [1.82, 2.24) is 5.32 Å². The standard InChI is InChI=1S/C14H16F3N3O2/c15-14(16,17)8-18-9-3-1-4-10(7-9)19-13(22)11-5-2-6-12(21)20-11/h1,3-4,7,11,18H,2,5-6,8H2,(H,19,22)(H,20,21). The molecule has 1 aromatic rings. The van der Waals surface area contributed by atoms with Gasteiger partial charge in [0.1, 0.15) is 12.6 Å². The zero-order valence-corrected chi connectivity index (χ0v) is 11.7. The number of benzene rings is 1. The largest absolute Gasteiger partial charge is 0.405 e. The van der Waals surface area contributed by atoms with Gasteiger partial charge in [0.25, 0.3) is 0 Å². The average Bonchev–Trinajstić information content (AvgIpc) is 2.45. The molecular formula is C14H16F3N3O2. The second-order valence-electron chi connectivity index (χ2n) is 5.05. The summed E-state index contributed by atoms with van der Waals surface area (Å²) in [5, 5.41) is 7.41. The summed E-state index contributed by atoms with van der Waals surface area (Å²) < 4.78 is 36.5. The molecular weight excluding hydrogens is 299 g/mol. The van der Waals surface area contributed by atoms with Gasteiger partial charge < -0.3 is 16.0 Å². The number of hydrogen-bond acceptors (Lipinski definition) is 3. The highest BCUT2D eigenvalue weighted by atomic mass is 19.4. The third-order valence-electron chi connectivity index (χ3n) is 3.17. The Morgan fingerprint density at radius 3 is 2.73 bits per heavy atom. The molecule has 120 valence electrons. The van der Waals surface area contributed by atoms with Crippen LogP contribution in [0.25, 0.3) is 0 Å². The molecule has 0 saturated carbocycles. The van der Waals surface area contributed by atoms with Crippen molar-refractivity contribution >= 4 is 23.2 Å². The summed E-state index contributed by atoms with van der Waals surface area (Å²) in [4.78, 5) is 23.3. The first-order chi connectivity index (χ1) is 10.3. The van der Waals surface area contributed by atoms with E-state index in [0.29, 0.717) is 24.9 Å². The predicted molar refractivity (Wildman–Crippen MR) is 75.4 cm³/mol. The molecule has 1 atom stereocenters. The molecule has 1 fully saturated rings. The molecule has 1 aliphatic heterocycles. The monoisotopic (exact) mass is 315 g/mol. The Balaban J connectivity index is 1.94. The predicted octanol–water partition coefficient (Wildman–Crippen LogP) is 2.27. The van der Waals surface area contributed by atoms with E-state index in [1.165, 1.54) is 18.2 Å². The molecule has 1 heterocycles. The van der Waals surface area contributed by atoms with Crippen LogP contribution in [-0.2, 0) is 9.59 Å². The van der Waals surface area contributed by atoms with Crippen molar-refractivity contribution in [2.45, 2.75) is 31.5 Å². The summed E-state index contributed by atoms with van der Waals surface area (Å²) >= 11 is 0. The summed E-state index contributed by atoms with van der Waals surface area (Å²) in [6.07, 6.45) is -2.73. The van der Waals surface area contributed by atoms with Gasteiger partial charge in [-0.3, -0.25) is 9.59 Å². The Labute approximate surface area is 125 Å². The number of rotatable bonds is 4. The van der Waals surface area contributed by atoms with Crippen LogP contribution in [0.1, 0.15) is 19.3 Å². The van der Waals surface area contributed by atoms with Crippen molar-refractivity contribution in [3.8, 4) is 0 Å². The molecule has 2 rings (SSSR count). The lowest BCUT2D eigenvalue weighted by molar-refractivity contribution is -0.128. The van der Waals surface area contributed by atoms with Crippen LogP contribution in [0.3, 0.4) is 0 Å². The molecule has 0 aromatic heterocycles. The molecule has 8 heteroatoms. The van der Waals surface area contributed by atoms with E-state index < -0.39 is 18.8 Å². The lowest BCUT2D eigenvalue weighted by Gasteiger charge is -2.22. The van der Waals surface area contributed by atoms with E-state index in [1.54, 1.807) is 6.07 Å². The van der Waals surface area contributed by atoms with Crippen LogP contribution < -0.4 is 16.0 Å². The minimum absolute atomic E-state index is 0.174. The van der Waals surface area contributed by atoms with Crippen LogP contribution in [0.15, 0.2) is 24.3 Å². The number of nitrogens with one attached hydrogen (secondary N) is 3. The number of hydrogen-bond donors (Lipinski definition) is 3. The summed E-state index contributed by atoms with van der Waals surface area (Å²) in [6.45, 7) is -1.15. The van der Waals surface area contributed by atoms with Crippen molar-refractivity contribution in [2.24, 2.45) is 0 Å². The first kappa shape index (κ1) is 16.1.